The number of hydrogen-bond acceptors (Lipinski definition) is 4. The molecule has 1 fully saturated rings. The molecule has 0 aliphatic carbocycles. The standard InChI is InChI=1S/C9H17N3O/c13-11-8-4-1-2-6-12-7-3-5-10-9(8)12/h8,11,13H,1-7H2. The molecule has 0 aromatic heterocycles. The van der Waals surface area contributed by atoms with Crippen LogP contribution in [0.2, 0.25) is 0 Å². The van der Waals surface area contributed by atoms with Crippen LogP contribution in [0.4, 0.5) is 0 Å². The molecular formula is C9H17N3O. The highest BCUT2D eigenvalue weighted by Gasteiger charge is 2.25. The number of hydrogen-bond donors (Lipinski definition) is 2. The third-order valence-electron chi connectivity index (χ3n) is 2.82. The average Bonchev–Trinajstić information content (AvgIpc) is 2.39. The van der Waals surface area contributed by atoms with Gasteiger partial charge in [0.2, 0.25) is 0 Å². The lowest BCUT2D eigenvalue weighted by Crippen LogP contribution is -2.46. The van der Waals surface area contributed by atoms with E-state index in [9.17, 15) is 0 Å². The van der Waals surface area contributed by atoms with Crippen molar-refractivity contribution in [1.82, 2.24) is 10.4 Å². The summed E-state index contributed by atoms with van der Waals surface area (Å²) in [6, 6.07) is 0.0720. The Labute approximate surface area is 78.6 Å². The molecule has 1 atom stereocenters. The normalized spacial score (nSPS) is 29.2. The Morgan fingerprint density at radius 1 is 1.31 bits per heavy atom. The summed E-state index contributed by atoms with van der Waals surface area (Å²) < 4.78 is 0. The van der Waals surface area contributed by atoms with Crippen molar-refractivity contribution in [2.24, 2.45) is 4.99 Å². The summed E-state index contributed by atoms with van der Waals surface area (Å²) in [5.41, 5.74) is 2.37. The molecular weight excluding hydrogens is 166 g/mol. The van der Waals surface area contributed by atoms with Crippen LogP contribution in [0.25, 0.3) is 0 Å². The largest absolute Gasteiger partial charge is 0.359 e. The van der Waals surface area contributed by atoms with E-state index in [2.05, 4.69) is 15.4 Å². The predicted octanol–water partition coefficient (Wildman–Crippen LogP) is 0.622. The van der Waals surface area contributed by atoms with Crippen LogP contribution in [0.5, 0.6) is 0 Å². The minimum Gasteiger partial charge on any atom is -0.359 e. The maximum atomic E-state index is 9.00. The molecule has 0 bridgehead atoms. The Kier molecular flexibility index (Phi) is 2.80. The molecule has 4 nitrogen and oxygen atoms in total. The molecule has 2 heterocycles. The van der Waals surface area contributed by atoms with Gasteiger partial charge in [-0.15, -0.1) is 0 Å². The third-order valence-corrected chi connectivity index (χ3v) is 2.82. The fourth-order valence-corrected chi connectivity index (χ4v) is 2.13. The second kappa shape index (κ2) is 4.07. The molecule has 0 aromatic carbocycles. The molecule has 2 aliphatic heterocycles. The minimum atomic E-state index is 0.0720. The molecule has 0 saturated carbocycles. The zero-order chi connectivity index (χ0) is 9.10. The molecule has 1 saturated heterocycles. The molecule has 2 rings (SSSR count). The van der Waals surface area contributed by atoms with Crippen LogP contribution in [-0.2, 0) is 0 Å². The second-order valence-electron chi connectivity index (χ2n) is 3.76. The van der Waals surface area contributed by atoms with Crippen LogP contribution in [-0.4, -0.2) is 41.6 Å². The fraction of sp³-hybridized carbons (Fsp3) is 0.889. The molecule has 0 aromatic rings. The average molecular weight is 183 g/mol. The van der Waals surface area contributed by atoms with Crippen LogP contribution in [0.15, 0.2) is 4.99 Å². The van der Waals surface area contributed by atoms with E-state index >= 15 is 0 Å². The van der Waals surface area contributed by atoms with Gasteiger partial charge < -0.3 is 10.1 Å². The Morgan fingerprint density at radius 3 is 3.00 bits per heavy atom. The third kappa shape index (κ3) is 1.84. The maximum absolute atomic E-state index is 9.00. The summed E-state index contributed by atoms with van der Waals surface area (Å²) in [5, 5.41) is 9.00. The van der Waals surface area contributed by atoms with E-state index in [0.29, 0.717) is 0 Å². The highest BCUT2D eigenvalue weighted by molar-refractivity contribution is 5.88. The molecule has 13 heavy (non-hydrogen) atoms. The Balaban J connectivity index is 2.14. The van der Waals surface area contributed by atoms with E-state index < -0.39 is 0 Å². The number of rotatable bonds is 1. The van der Waals surface area contributed by atoms with Gasteiger partial charge in [0.05, 0.1) is 6.04 Å². The van der Waals surface area contributed by atoms with Gasteiger partial charge in [0.15, 0.2) is 0 Å². The first-order valence-corrected chi connectivity index (χ1v) is 5.11. The SMILES string of the molecule is ONC1CCCCN2CCCN=C12. The van der Waals surface area contributed by atoms with Gasteiger partial charge >= 0.3 is 0 Å². The smallest absolute Gasteiger partial charge is 0.118 e. The van der Waals surface area contributed by atoms with Crippen molar-refractivity contribution in [2.45, 2.75) is 31.7 Å². The van der Waals surface area contributed by atoms with Crippen LogP contribution in [0, 0.1) is 0 Å². The number of amidine groups is 1. The summed E-state index contributed by atoms with van der Waals surface area (Å²) in [7, 11) is 0. The van der Waals surface area contributed by atoms with Crippen molar-refractivity contribution in [2.75, 3.05) is 19.6 Å². The van der Waals surface area contributed by atoms with Crippen molar-refractivity contribution < 1.29 is 5.21 Å². The molecule has 74 valence electrons. The van der Waals surface area contributed by atoms with Gasteiger partial charge in [0.1, 0.15) is 5.84 Å². The van der Waals surface area contributed by atoms with Gasteiger partial charge in [-0.2, -0.15) is 5.48 Å². The number of nitrogens with zero attached hydrogens (tertiary/aromatic N) is 2. The van der Waals surface area contributed by atoms with Crippen molar-refractivity contribution >= 4 is 5.84 Å². The van der Waals surface area contributed by atoms with Gasteiger partial charge in [-0.3, -0.25) is 4.99 Å². The number of nitrogens with one attached hydrogen (secondary N) is 1. The van der Waals surface area contributed by atoms with Gasteiger partial charge in [0, 0.05) is 19.6 Å². The molecule has 0 radical (unpaired) electrons. The highest BCUT2D eigenvalue weighted by atomic mass is 16.5. The van der Waals surface area contributed by atoms with Crippen molar-refractivity contribution in [3.8, 4) is 0 Å². The van der Waals surface area contributed by atoms with Gasteiger partial charge in [-0.05, 0) is 25.7 Å². The molecule has 4 heteroatoms. The first-order chi connectivity index (χ1) is 6.42. The summed E-state index contributed by atoms with van der Waals surface area (Å²) in [5.74, 6) is 1.08. The molecule has 2 aliphatic rings. The van der Waals surface area contributed by atoms with Gasteiger partial charge in [-0.25, -0.2) is 0 Å². The minimum absolute atomic E-state index is 0.0720. The second-order valence-corrected chi connectivity index (χ2v) is 3.76. The molecule has 0 spiro atoms. The summed E-state index contributed by atoms with van der Waals surface area (Å²) >= 11 is 0. The van der Waals surface area contributed by atoms with Crippen molar-refractivity contribution in [3.05, 3.63) is 0 Å². The maximum Gasteiger partial charge on any atom is 0.118 e. The van der Waals surface area contributed by atoms with Gasteiger partial charge in [0.25, 0.3) is 0 Å². The summed E-state index contributed by atoms with van der Waals surface area (Å²) in [4.78, 5) is 6.79. The predicted molar refractivity (Wildman–Crippen MR) is 51.1 cm³/mol. The zero-order valence-electron chi connectivity index (χ0n) is 7.87. The molecule has 1 unspecified atom stereocenters. The first kappa shape index (κ1) is 8.97. The fourth-order valence-electron chi connectivity index (χ4n) is 2.13. The lowest BCUT2D eigenvalue weighted by Gasteiger charge is -2.30. The van der Waals surface area contributed by atoms with E-state index in [1.807, 2.05) is 0 Å². The van der Waals surface area contributed by atoms with E-state index in [1.54, 1.807) is 0 Å². The lowest BCUT2D eigenvalue weighted by atomic mass is 10.1. The van der Waals surface area contributed by atoms with Crippen LogP contribution >= 0.6 is 0 Å². The Bertz CT molecular complexity index is 205. The molecule has 2 N–H and O–H groups in total. The quantitative estimate of drug-likeness (QED) is 0.586. The van der Waals surface area contributed by atoms with Crippen molar-refractivity contribution in [3.63, 3.8) is 0 Å². The van der Waals surface area contributed by atoms with Gasteiger partial charge in [-0.1, -0.05) is 0 Å². The van der Waals surface area contributed by atoms with Crippen molar-refractivity contribution in [1.29, 1.82) is 0 Å². The Morgan fingerprint density at radius 2 is 2.15 bits per heavy atom. The van der Waals surface area contributed by atoms with E-state index in [0.717, 1.165) is 38.3 Å². The van der Waals surface area contributed by atoms with E-state index in [1.165, 1.54) is 12.8 Å². The lowest BCUT2D eigenvalue weighted by molar-refractivity contribution is 0.142. The number of fused-ring (bicyclic) bond motifs is 1. The van der Waals surface area contributed by atoms with Crippen LogP contribution in [0.1, 0.15) is 25.7 Å². The van der Waals surface area contributed by atoms with Crippen LogP contribution in [0.3, 0.4) is 0 Å². The monoisotopic (exact) mass is 183 g/mol. The Hall–Kier alpha value is -0.610. The molecule has 0 amide bonds. The summed E-state index contributed by atoms with van der Waals surface area (Å²) in [6.07, 6.45) is 4.55. The highest BCUT2D eigenvalue weighted by Crippen LogP contribution is 2.16. The zero-order valence-corrected chi connectivity index (χ0v) is 7.87. The number of hydroxylamine groups is 1. The van der Waals surface area contributed by atoms with Crippen LogP contribution < -0.4 is 5.48 Å². The first-order valence-electron chi connectivity index (χ1n) is 5.11. The van der Waals surface area contributed by atoms with E-state index in [4.69, 9.17) is 5.21 Å². The number of aliphatic imine (C=N–C) groups is 1. The topological polar surface area (TPSA) is 47.9 Å². The summed E-state index contributed by atoms with van der Waals surface area (Å²) in [6.45, 7) is 3.14. The van der Waals surface area contributed by atoms with E-state index in [-0.39, 0.29) is 6.04 Å².